The molecule has 2 heterocycles. The van der Waals surface area contributed by atoms with Crippen molar-refractivity contribution in [2.45, 2.75) is 56.5 Å². The number of hydrogen-bond acceptors (Lipinski definition) is 4. The predicted molar refractivity (Wildman–Crippen MR) is 133 cm³/mol. The quantitative estimate of drug-likeness (QED) is 0.311. The van der Waals surface area contributed by atoms with E-state index in [1.54, 1.807) is 23.5 Å². The van der Waals surface area contributed by atoms with Crippen LogP contribution in [0.4, 0.5) is 0 Å². The van der Waals surface area contributed by atoms with Crippen LogP contribution >= 0.6 is 24.0 Å². The zero-order valence-electron chi connectivity index (χ0n) is 18.1. The van der Waals surface area contributed by atoms with Crippen molar-refractivity contribution in [1.82, 2.24) is 19.8 Å². The first-order valence-corrected chi connectivity index (χ1v) is 12.3. The first-order chi connectivity index (χ1) is 14.0. The molecule has 0 bridgehead atoms. The zero-order chi connectivity index (χ0) is 20.7. The molecule has 0 amide bonds. The number of piperidine rings is 1. The van der Waals surface area contributed by atoms with Crippen molar-refractivity contribution in [1.29, 1.82) is 0 Å². The maximum atomic E-state index is 12.9. The second kappa shape index (κ2) is 12.2. The first-order valence-electron chi connectivity index (χ1n) is 10.8. The van der Waals surface area contributed by atoms with E-state index in [-0.39, 0.29) is 24.0 Å². The van der Waals surface area contributed by atoms with Crippen LogP contribution < -0.4 is 10.6 Å². The lowest BCUT2D eigenvalue weighted by atomic mass is 10.2. The largest absolute Gasteiger partial charge is 0.355 e. The van der Waals surface area contributed by atoms with E-state index in [1.807, 2.05) is 12.1 Å². The molecule has 170 valence electrons. The van der Waals surface area contributed by atoms with Gasteiger partial charge in [-0.1, -0.05) is 25.5 Å². The minimum Gasteiger partial charge on any atom is -0.355 e. The molecule has 0 aromatic heterocycles. The number of nitrogens with zero attached hydrogens (tertiary/aromatic N) is 3. The molecule has 0 radical (unpaired) electrons. The summed E-state index contributed by atoms with van der Waals surface area (Å²) < 4.78 is 27.4. The third kappa shape index (κ3) is 6.54. The van der Waals surface area contributed by atoms with Gasteiger partial charge < -0.3 is 10.6 Å². The molecular weight excluding hydrogens is 513 g/mol. The number of aliphatic imine (C=N–C) groups is 1. The summed E-state index contributed by atoms with van der Waals surface area (Å²) in [6.45, 7) is 7.11. The Balaban J connectivity index is 0.00000320. The standard InChI is InChI=1S/C21H35N5O2S.HI/c1-3-25-12-8-10-19(25)17-24-21(22-2)23-16-18-9-7-11-20(15-18)29(27,28)26-13-5-4-6-14-26;/h7,9,11,15,19H,3-6,8,10,12-14,16-17H2,1-2H3,(H2,22,23,24);1H. The number of rotatable bonds is 7. The Hall–Kier alpha value is -0.910. The molecule has 7 nitrogen and oxygen atoms in total. The molecule has 1 aromatic rings. The van der Waals surface area contributed by atoms with Crippen LogP contribution in [0.15, 0.2) is 34.2 Å². The van der Waals surface area contributed by atoms with E-state index in [1.165, 1.54) is 19.4 Å². The lowest BCUT2D eigenvalue weighted by Gasteiger charge is -2.26. The van der Waals surface area contributed by atoms with E-state index >= 15 is 0 Å². The van der Waals surface area contributed by atoms with Crippen LogP contribution in [-0.4, -0.2) is 69.4 Å². The number of benzene rings is 1. The van der Waals surface area contributed by atoms with E-state index in [9.17, 15) is 8.42 Å². The van der Waals surface area contributed by atoms with Crippen LogP contribution in [0.5, 0.6) is 0 Å². The highest BCUT2D eigenvalue weighted by atomic mass is 127. The fourth-order valence-electron chi connectivity index (χ4n) is 4.23. The van der Waals surface area contributed by atoms with E-state index < -0.39 is 10.0 Å². The van der Waals surface area contributed by atoms with Gasteiger partial charge in [-0.05, 0) is 56.5 Å². The number of halogens is 1. The van der Waals surface area contributed by atoms with Crippen LogP contribution in [-0.2, 0) is 16.6 Å². The summed E-state index contributed by atoms with van der Waals surface area (Å²) in [5, 5.41) is 6.73. The zero-order valence-corrected chi connectivity index (χ0v) is 21.3. The molecule has 2 aliphatic rings. The number of likely N-dealkylation sites (N-methyl/N-ethyl adjacent to an activating group) is 1. The fourth-order valence-corrected chi connectivity index (χ4v) is 5.82. The highest BCUT2D eigenvalue weighted by Gasteiger charge is 2.26. The Kier molecular flexibility index (Phi) is 10.3. The molecule has 2 fully saturated rings. The number of likely N-dealkylation sites (tertiary alicyclic amines) is 1. The maximum Gasteiger partial charge on any atom is 0.243 e. The summed E-state index contributed by atoms with van der Waals surface area (Å²) in [6.07, 6.45) is 5.47. The van der Waals surface area contributed by atoms with Gasteiger partial charge in [0.25, 0.3) is 0 Å². The van der Waals surface area contributed by atoms with Gasteiger partial charge in [-0.2, -0.15) is 4.31 Å². The van der Waals surface area contributed by atoms with Gasteiger partial charge in [-0.3, -0.25) is 9.89 Å². The molecule has 3 rings (SSSR count). The Morgan fingerprint density at radius 3 is 2.60 bits per heavy atom. The van der Waals surface area contributed by atoms with Gasteiger partial charge in [0.2, 0.25) is 10.0 Å². The normalized spacial score (nSPS) is 21.3. The minimum absolute atomic E-state index is 0. The summed E-state index contributed by atoms with van der Waals surface area (Å²) in [4.78, 5) is 7.18. The summed E-state index contributed by atoms with van der Waals surface area (Å²) in [5.74, 6) is 0.747. The van der Waals surface area contributed by atoms with E-state index in [0.717, 1.165) is 43.9 Å². The van der Waals surface area contributed by atoms with E-state index in [2.05, 4.69) is 27.4 Å². The van der Waals surface area contributed by atoms with Crippen LogP contribution in [0, 0.1) is 0 Å². The van der Waals surface area contributed by atoms with Crippen molar-refractivity contribution < 1.29 is 8.42 Å². The summed E-state index contributed by atoms with van der Waals surface area (Å²) in [5.41, 5.74) is 0.932. The smallest absolute Gasteiger partial charge is 0.243 e. The highest BCUT2D eigenvalue weighted by molar-refractivity contribution is 14.0. The van der Waals surface area contributed by atoms with Gasteiger partial charge in [0.15, 0.2) is 5.96 Å². The lowest BCUT2D eigenvalue weighted by Crippen LogP contribution is -2.44. The molecule has 0 spiro atoms. The molecule has 2 aliphatic heterocycles. The van der Waals surface area contributed by atoms with Gasteiger partial charge in [0.1, 0.15) is 0 Å². The fraction of sp³-hybridized carbons (Fsp3) is 0.667. The summed E-state index contributed by atoms with van der Waals surface area (Å²) in [7, 11) is -1.64. The Morgan fingerprint density at radius 1 is 1.13 bits per heavy atom. The number of sulfonamides is 1. The molecule has 0 aliphatic carbocycles. The Bertz CT molecular complexity index is 796. The average molecular weight is 550 g/mol. The molecule has 0 saturated carbocycles. The van der Waals surface area contributed by atoms with Crippen LogP contribution in [0.1, 0.15) is 44.6 Å². The summed E-state index contributed by atoms with van der Waals surface area (Å²) in [6, 6.07) is 7.80. The van der Waals surface area contributed by atoms with Crippen LogP contribution in [0.3, 0.4) is 0 Å². The van der Waals surface area contributed by atoms with Gasteiger partial charge in [-0.25, -0.2) is 8.42 Å². The summed E-state index contributed by atoms with van der Waals surface area (Å²) >= 11 is 0. The molecule has 30 heavy (non-hydrogen) atoms. The van der Waals surface area contributed by atoms with Crippen molar-refractivity contribution >= 4 is 40.0 Å². The van der Waals surface area contributed by atoms with Crippen molar-refractivity contribution in [3.63, 3.8) is 0 Å². The Morgan fingerprint density at radius 2 is 1.90 bits per heavy atom. The molecule has 1 aromatic carbocycles. The van der Waals surface area contributed by atoms with Gasteiger partial charge in [0, 0.05) is 39.3 Å². The maximum absolute atomic E-state index is 12.9. The highest BCUT2D eigenvalue weighted by Crippen LogP contribution is 2.21. The minimum atomic E-state index is -3.40. The number of hydrogen-bond donors (Lipinski definition) is 2. The van der Waals surface area contributed by atoms with Gasteiger partial charge in [-0.15, -0.1) is 24.0 Å². The number of guanidine groups is 1. The second-order valence-corrected chi connectivity index (χ2v) is 9.78. The van der Waals surface area contributed by atoms with Crippen LogP contribution in [0.2, 0.25) is 0 Å². The second-order valence-electron chi connectivity index (χ2n) is 7.84. The molecule has 2 N–H and O–H groups in total. The average Bonchev–Trinajstić information content (AvgIpc) is 3.22. The third-order valence-corrected chi connectivity index (χ3v) is 7.84. The Labute approximate surface area is 198 Å². The lowest BCUT2D eigenvalue weighted by molar-refractivity contribution is 0.267. The number of nitrogens with one attached hydrogen (secondary N) is 2. The monoisotopic (exact) mass is 549 g/mol. The molecule has 2 saturated heterocycles. The first kappa shape index (κ1) is 25.4. The third-order valence-electron chi connectivity index (χ3n) is 5.95. The SMILES string of the molecule is CCN1CCCC1CNC(=NC)NCc1cccc(S(=O)(=O)N2CCCCC2)c1.I. The van der Waals surface area contributed by atoms with Crippen LogP contribution in [0.25, 0.3) is 0 Å². The predicted octanol–water partition coefficient (Wildman–Crippen LogP) is 2.63. The molecule has 1 unspecified atom stereocenters. The van der Waals surface area contributed by atoms with Crippen molar-refractivity contribution in [3.05, 3.63) is 29.8 Å². The van der Waals surface area contributed by atoms with Gasteiger partial charge >= 0.3 is 0 Å². The van der Waals surface area contributed by atoms with E-state index in [0.29, 0.717) is 30.6 Å². The van der Waals surface area contributed by atoms with Crippen molar-refractivity contribution in [3.8, 4) is 0 Å². The van der Waals surface area contributed by atoms with E-state index in [4.69, 9.17) is 0 Å². The van der Waals surface area contributed by atoms with Crippen molar-refractivity contribution in [2.24, 2.45) is 4.99 Å². The molecule has 9 heteroatoms. The topological polar surface area (TPSA) is 77.0 Å². The van der Waals surface area contributed by atoms with Crippen molar-refractivity contribution in [2.75, 3.05) is 39.8 Å². The molecule has 1 atom stereocenters. The molecular formula is C21H36IN5O2S. The van der Waals surface area contributed by atoms with Gasteiger partial charge in [0.05, 0.1) is 4.90 Å².